The molecule has 2 aliphatic rings. The van der Waals surface area contributed by atoms with Gasteiger partial charge >= 0.3 is 0 Å². The highest BCUT2D eigenvalue weighted by molar-refractivity contribution is 9.10. The lowest BCUT2D eigenvalue weighted by molar-refractivity contribution is -0.140. The van der Waals surface area contributed by atoms with E-state index < -0.39 is 0 Å². The first-order valence-electron chi connectivity index (χ1n) is 8.60. The van der Waals surface area contributed by atoms with Gasteiger partial charge in [-0.3, -0.25) is 9.59 Å². The Morgan fingerprint density at radius 3 is 2.52 bits per heavy atom. The zero-order chi connectivity index (χ0) is 17.1. The summed E-state index contributed by atoms with van der Waals surface area (Å²) in [4.78, 5) is 26.9. The van der Waals surface area contributed by atoms with E-state index in [2.05, 4.69) is 26.6 Å². The van der Waals surface area contributed by atoms with Crippen LogP contribution in [0.25, 0.3) is 0 Å². The summed E-state index contributed by atoms with van der Waals surface area (Å²) >= 11 is 3.41. The fraction of sp³-hybridized carbons (Fsp3) is 0.556. The predicted molar refractivity (Wildman–Crippen MR) is 105 cm³/mol. The number of piperidine rings is 1. The monoisotopic (exact) mass is 429 g/mol. The third-order valence-electron chi connectivity index (χ3n) is 5.18. The minimum atomic E-state index is -0.0197. The Morgan fingerprint density at radius 2 is 1.96 bits per heavy atom. The fourth-order valence-electron chi connectivity index (χ4n) is 3.33. The first kappa shape index (κ1) is 20.2. The van der Waals surface area contributed by atoms with Crippen molar-refractivity contribution in [1.82, 2.24) is 10.2 Å². The first-order chi connectivity index (χ1) is 11.5. The van der Waals surface area contributed by atoms with Gasteiger partial charge in [-0.25, -0.2) is 0 Å². The van der Waals surface area contributed by atoms with Crippen LogP contribution < -0.4 is 10.6 Å². The topological polar surface area (TPSA) is 61.4 Å². The molecule has 2 fully saturated rings. The van der Waals surface area contributed by atoms with Gasteiger partial charge in [0.2, 0.25) is 11.8 Å². The molecule has 0 saturated carbocycles. The molecule has 2 N–H and O–H groups in total. The third kappa shape index (κ3) is 4.96. The van der Waals surface area contributed by atoms with Crippen LogP contribution in [-0.2, 0) is 9.59 Å². The predicted octanol–water partition coefficient (Wildman–Crippen LogP) is 2.90. The minimum absolute atomic E-state index is 0. The number of likely N-dealkylation sites (tertiary alicyclic amines) is 1. The van der Waals surface area contributed by atoms with E-state index >= 15 is 0 Å². The quantitative estimate of drug-likeness (QED) is 0.772. The van der Waals surface area contributed by atoms with Crippen LogP contribution in [0.1, 0.15) is 19.8 Å². The molecule has 0 bridgehead atoms. The van der Waals surface area contributed by atoms with Crippen molar-refractivity contribution in [2.45, 2.75) is 19.8 Å². The molecular weight excluding hydrogens is 406 g/mol. The van der Waals surface area contributed by atoms with Crippen molar-refractivity contribution < 1.29 is 9.59 Å². The van der Waals surface area contributed by atoms with Crippen LogP contribution in [0.15, 0.2) is 28.7 Å². The van der Waals surface area contributed by atoms with E-state index in [-0.39, 0.29) is 36.1 Å². The smallest absolute Gasteiger partial charge is 0.227 e. The van der Waals surface area contributed by atoms with Crippen molar-refractivity contribution >= 4 is 45.8 Å². The van der Waals surface area contributed by atoms with Gasteiger partial charge in [-0.05, 0) is 50.0 Å². The molecule has 1 atom stereocenters. The lowest BCUT2D eigenvalue weighted by atomic mass is 9.87. The zero-order valence-corrected chi connectivity index (χ0v) is 16.7. The van der Waals surface area contributed by atoms with E-state index in [1.165, 1.54) is 0 Å². The van der Waals surface area contributed by atoms with Gasteiger partial charge in [0, 0.05) is 35.1 Å². The molecule has 1 unspecified atom stereocenters. The van der Waals surface area contributed by atoms with Gasteiger partial charge in [0.25, 0.3) is 0 Å². The van der Waals surface area contributed by atoms with E-state index in [9.17, 15) is 9.59 Å². The highest BCUT2D eigenvalue weighted by atomic mass is 79.9. The van der Waals surface area contributed by atoms with Crippen LogP contribution in [0, 0.1) is 17.8 Å². The number of nitrogens with zero attached hydrogens (tertiary/aromatic N) is 1. The maximum atomic E-state index is 12.5. The lowest BCUT2D eigenvalue weighted by Crippen LogP contribution is -2.52. The summed E-state index contributed by atoms with van der Waals surface area (Å²) in [6.07, 6.45) is 1.47. The Bertz CT molecular complexity index is 616. The van der Waals surface area contributed by atoms with Gasteiger partial charge in [0.15, 0.2) is 0 Å². The summed E-state index contributed by atoms with van der Waals surface area (Å²) in [5, 5.41) is 6.20. The summed E-state index contributed by atoms with van der Waals surface area (Å²) in [6.45, 7) is 5.27. The van der Waals surface area contributed by atoms with Crippen molar-refractivity contribution in [2.75, 3.05) is 31.5 Å². The van der Waals surface area contributed by atoms with Crippen molar-refractivity contribution in [2.24, 2.45) is 17.8 Å². The number of carbonyl (C=O) groups is 2. The summed E-state index contributed by atoms with van der Waals surface area (Å²) in [5.74, 6) is 0.825. The Kier molecular flexibility index (Phi) is 7.28. The first-order valence-corrected chi connectivity index (χ1v) is 9.40. The van der Waals surface area contributed by atoms with Crippen LogP contribution in [0.3, 0.4) is 0 Å². The van der Waals surface area contributed by atoms with Gasteiger partial charge in [-0.1, -0.05) is 28.9 Å². The maximum Gasteiger partial charge on any atom is 0.227 e. The van der Waals surface area contributed by atoms with Crippen molar-refractivity contribution in [3.8, 4) is 0 Å². The number of halogens is 2. The Labute approximate surface area is 163 Å². The molecule has 1 aromatic rings. The average Bonchev–Trinajstić information content (AvgIpc) is 2.52. The van der Waals surface area contributed by atoms with E-state index in [0.29, 0.717) is 19.0 Å². The molecular formula is C18H25BrClN3O2. The number of carbonyl (C=O) groups excluding carboxylic acids is 2. The summed E-state index contributed by atoms with van der Waals surface area (Å²) in [5.41, 5.74) is 0.805. The number of anilines is 1. The molecule has 7 heteroatoms. The molecule has 138 valence electrons. The highest BCUT2D eigenvalue weighted by Crippen LogP contribution is 2.24. The molecule has 3 rings (SSSR count). The molecule has 0 radical (unpaired) electrons. The van der Waals surface area contributed by atoms with Crippen molar-refractivity contribution in [1.29, 1.82) is 0 Å². The van der Waals surface area contributed by atoms with Crippen molar-refractivity contribution in [3.63, 3.8) is 0 Å². The Hall–Kier alpha value is -1.11. The molecule has 2 saturated heterocycles. The van der Waals surface area contributed by atoms with Crippen LogP contribution in [0.5, 0.6) is 0 Å². The standard InChI is InChI=1S/C18H24BrN3O2.ClH/c1-12(14-10-20-11-14)18(24)22-7-5-13(6-8-22)17(23)21-16-4-2-3-15(19)9-16;/h2-4,9,12-14,20H,5-8,10-11H2,1H3,(H,21,23);1H. The van der Waals surface area contributed by atoms with Crippen molar-refractivity contribution in [3.05, 3.63) is 28.7 Å². The van der Waals surface area contributed by atoms with Gasteiger partial charge in [-0.2, -0.15) is 0 Å². The maximum absolute atomic E-state index is 12.5. The third-order valence-corrected chi connectivity index (χ3v) is 5.67. The number of rotatable bonds is 4. The van der Waals surface area contributed by atoms with E-state index in [0.717, 1.165) is 36.1 Å². The van der Waals surface area contributed by atoms with Crippen LogP contribution in [0.4, 0.5) is 5.69 Å². The second kappa shape index (κ2) is 9.01. The molecule has 0 spiro atoms. The second-order valence-electron chi connectivity index (χ2n) is 6.81. The molecule has 2 aliphatic heterocycles. The van der Waals surface area contributed by atoms with Gasteiger partial charge in [0.05, 0.1) is 0 Å². The normalized spacial score (nSPS) is 19.5. The van der Waals surface area contributed by atoms with Crippen LogP contribution in [-0.4, -0.2) is 42.9 Å². The Morgan fingerprint density at radius 1 is 1.28 bits per heavy atom. The highest BCUT2D eigenvalue weighted by Gasteiger charge is 2.34. The zero-order valence-electron chi connectivity index (χ0n) is 14.3. The molecule has 2 amide bonds. The second-order valence-corrected chi connectivity index (χ2v) is 7.72. The molecule has 25 heavy (non-hydrogen) atoms. The largest absolute Gasteiger partial charge is 0.342 e. The SMILES string of the molecule is CC(C(=O)N1CCC(C(=O)Nc2cccc(Br)c2)CC1)C1CNC1.Cl. The van der Waals surface area contributed by atoms with Crippen LogP contribution in [0.2, 0.25) is 0 Å². The summed E-state index contributed by atoms with van der Waals surface area (Å²) in [7, 11) is 0. The minimum Gasteiger partial charge on any atom is -0.342 e. The molecule has 5 nitrogen and oxygen atoms in total. The molecule has 1 aromatic carbocycles. The van der Waals surface area contributed by atoms with E-state index in [1.807, 2.05) is 36.1 Å². The van der Waals surface area contributed by atoms with Gasteiger partial charge in [-0.15, -0.1) is 12.4 Å². The number of benzene rings is 1. The number of hydrogen-bond donors (Lipinski definition) is 2. The van der Waals surface area contributed by atoms with E-state index in [1.54, 1.807) is 0 Å². The molecule has 2 heterocycles. The fourth-order valence-corrected chi connectivity index (χ4v) is 3.73. The van der Waals surface area contributed by atoms with Gasteiger partial charge in [0.1, 0.15) is 0 Å². The Balaban J connectivity index is 0.00000225. The van der Waals surface area contributed by atoms with Gasteiger partial charge < -0.3 is 15.5 Å². The summed E-state index contributed by atoms with van der Waals surface area (Å²) < 4.78 is 0.945. The lowest BCUT2D eigenvalue weighted by Gasteiger charge is -2.37. The van der Waals surface area contributed by atoms with Crippen LogP contribution >= 0.6 is 28.3 Å². The summed E-state index contributed by atoms with van der Waals surface area (Å²) in [6, 6.07) is 7.61. The van der Waals surface area contributed by atoms with E-state index in [4.69, 9.17) is 0 Å². The number of nitrogens with one attached hydrogen (secondary N) is 2. The molecule has 0 aromatic heterocycles. The number of amides is 2. The average molecular weight is 431 g/mol. The molecule has 0 aliphatic carbocycles. The number of hydrogen-bond acceptors (Lipinski definition) is 3.